The number of morpholine rings is 1. The summed E-state index contributed by atoms with van der Waals surface area (Å²) in [6.45, 7) is 4.00. The van der Waals surface area contributed by atoms with Crippen LogP contribution in [0.4, 0.5) is 16.2 Å². The third-order valence-corrected chi connectivity index (χ3v) is 5.87. The number of anilines is 2. The van der Waals surface area contributed by atoms with Crippen molar-refractivity contribution in [3.8, 4) is 0 Å². The molecule has 2 aliphatic rings. The summed E-state index contributed by atoms with van der Waals surface area (Å²) < 4.78 is 7.03. The molecule has 0 aliphatic carbocycles. The SMILES string of the molecule is Cn1cc(C(=O)NC2CCN(C(=O)Nc3cc(Cl)ccc3N3CCOCC3)CC2)cn1. The molecule has 2 aromatic rings. The molecular formula is C21H27ClN6O3. The van der Waals surface area contributed by atoms with Crippen molar-refractivity contribution in [2.75, 3.05) is 49.6 Å². The number of halogens is 1. The smallest absolute Gasteiger partial charge is 0.321 e. The molecule has 2 saturated heterocycles. The van der Waals surface area contributed by atoms with E-state index in [0.29, 0.717) is 55.4 Å². The van der Waals surface area contributed by atoms with Crippen molar-refractivity contribution >= 4 is 34.9 Å². The number of rotatable bonds is 4. The first kappa shape index (κ1) is 21.5. The van der Waals surface area contributed by atoms with Gasteiger partial charge < -0.3 is 25.2 Å². The standard InChI is InChI=1S/C21H27ClN6O3/c1-26-14-15(13-23-26)20(29)24-17-4-6-28(7-5-17)21(30)25-18-12-16(22)2-3-19(18)27-8-10-31-11-9-27/h2-3,12-14,17H,4-11H2,1H3,(H,24,29)(H,25,30). The van der Waals surface area contributed by atoms with Gasteiger partial charge in [0.2, 0.25) is 0 Å². The van der Waals surface area contributed by atoms with Gasteiger partial charge in [0.15, 0.2) is 0 Å². The number of nitrogens with zero attached hydrogens (tertiary/aromatic N) is 4. The molecular weight excluding hydrogens is 420 g/mol. The van der Waals surface area contributed by atoms with Gasteiger partial charge in [-0.2, -0.15) is 5.10 Å². The summed E-state index contributed by atoms with van der Waals surface area (Å²) in [7, 11) is 1.78. The monoisotopic (exact) mass is 446 g/mol. The van der Waals surface area contributed by atoms with Crippen LogP contribution in [0.15, 0.2) is 30.6 Å². The fourth-order valence-electron chi connectivity index (χ4n) is 3.92. The Hall–Kier alpha value is -2.78. The molecule has 2 fully saturated rings. The van der Waals surface area contributed by atoms with Gasteiger partial charge >= 0.3 is 6.03 Å². The van der Waals surface area contributed by atoms with E-state index in [1.54, 1.807) is 35.1 Å². The number of urea groups is 1. The number of ether oxygens (including phenoxy) is 1. The average molecular weight is 447 g/mol. The maximum atomic E-state index is 12.9. The maximum Gasteiger partial charge on any atom is 0.321 e. The molecule has 3 heterocycles. The molecule has 1 aromatic carbocycles. The number of carbonyl (C=O) groups is 2. The second kappa shape index (κ2) is 9.57. The molecule has 9 nitrogen and oxygen atoms in total. The molecule has 1 aromatic heterocycles. The Labute approximate surface area is 186 Å². The summed E-state index contributed by atoms with van der Waals surface area (Å²) in [5.74, 6) is -0.134. The second-order valence-electron chi connectivity index (χ2n) is 7.83. The van der Waals surface area contributed by atoms with E-state index in [1.165, 1.54) is 0 Å². The van der Waals surface area contributed by atoms with Crippen LogP contribution in [0.2, 0.25) is 5.02 Å². The highest BCUT2D eigenvalue weighted by Gasteiger charge is 2.25. The highest BCUT2D eigenvalue weighted by Crippen LogP contribution is 2.30. The van der Waals surface area contributed by atoms with Gasteiger partial charge in [-0.3, -0.25) is 9.48 Å². The minimum absolute atomic E-state index is 0.0341. The lowest BCUT2D eigenvalue weighted by Crippen LogP contribution is -2.47. The molecule has 31 heavy (non-hydrogen) atoms. The normalized spacial score (nSPS) is 17.5. The van der Waals surface area contributed by atoms with Gasteiger partial charge in [-0.15, -0.1) is 0 Å². The number of amides is 3. The average Bonchev–Trinajstić information content (AvgIpc) is 3.21. The van der Waals surface area contributed by atoms with Crippen LogP contribution in [-0.4, -0.2) is 72.1 Å². The highest BCUT2D eigenvalue weighted by molar-refractivity contribution is 6.31. The van der Waals surface area contributed by atoms with Crippen LogP contribution in [0, 0.1) is 0 Å². The van der Waals surface area contributed by atoms with Crippen molar-refractivity contribution in [2.24, 2.45) is 7.05 Å². The first-order valence-electron chi connectivity index (χ1n) is 10.5. The van der Waals surface area contributed by atoms with Gasteiger partial charge in [0.25, 0.3) is 5.91 Å². The predicted octanol–water partition coefficient (Wildman–Crippen LogP) is 2.34. The molecule has 0 radical (unpaired) electrons. The van der Waals surface area contributed by atoms with Crippen molar-refractivity contribution in [3.63, 3.8) is 0 Å². The molecule has 0 bridgehead atoms. The molecule has 4 rings (SSSR count). The van der Waals surface area contributed by atoms with E-state index < -0.39 is 0 Å². The van der Waals surface area contributed by atoms with Crippen LogP contribution in [0.3, 0.4) is 0 Å². The highest BCUT2D eigenvalue weighted by atomic mass is 35.5. The fourth-order valence-corrected chi connectivity index (χ4v) is 4.09. The summed E-state index contributed by atoms with van der Waals surface area (Å²) in [5, 5.41) is 10.7. The van der Waals surface area contributed by atoms with Crippen molar-refractivity contribution < 1.29 is 14.3 Å². The van der Waals surface area contributed by atoms with E-state index in [1.807, 2.05) is 12.1 Å². The molecule has 2 aliphatic heterocycles. The Morgan fingerprint density at radius 1 is 1.16 bits per heavy atom. The van der Waals surface area contributed by atoms with E-state index >= 15 is 0 Å². The quantitative estimate of drug-likeness (QED) is 0.752. The molecule has 2 N–H and O–H groups in total. The number of hydrogen-bond acceptors (Lipinski definition) is 5. The molecule has 0 spiro atoms. The van der Waals surface area contributed by atoms with Crippen LogP contribution in [0.5, 0.6) is 0 Å². The zero-order valence-electron chi connectivity index (χ0n) is 17.5. The summed E-state index contributed by atoms with van der Waals surface area (Å²) in [6.07, 6.45) is 4.64. The lowest BCUT2D eigenvalue weighted by molar-refractivity contribution is 0.0919. The first-order chi connectivity index (χ1) is 15.0. The van der Waals surface area contributed by atoms with E-state index in [2.05, 4.69) is 20.6 Å². The lowest BCUT2D eigenvalue weighted by Gasteiger charge is -2.34. The number of hydrogen-bond donors (Lipinski definition) is 2. The van der Waals surface area contributed by atoms with Gasteiger partial charge in [0, 0.05) is 50.5 Å². The molecule has 166 valence electrons. The van der Waals surface area contributed by atoms with Crippen molar-refractivity contribution in [2.45, 2.75) is 18.9 Å². The Morgan fingerprint density at radius 3 is 2.58 bits per heavy atom. The number of likely N-dealkylation sites (tertiary alicyclic amines) is 1. The molecule has 10 heteroatoms. The zero-order chi connectivity index (χ0) is 21.8. The first-order valence-corrected chi connectivity index (χ1v) is 10.8. The van der Waals surface area contributed by atoms with Crippen LogP contribution in [0.1, 0.15) is 23.2 Å². The van der Waals surface area contributed by atoms with Crippen molar-refractivity contribution in [3.05, 3.63) is 41.2 Å². The van der Waals surface area contributed by atoms with Gasteiger partial charge in [-0.1, -0.05) is 11.6 Å². The number of piperidine rings is 1. The topological polar surface area (TPSA) is 91.7 Å². The zero-order valence-corrected chi connectivity index (χ0v) is 18.3. The number of nitrogens with one attached hydrogen (secondary N) is 2. The van der Waals surface area contributed by atoms with Crippen molar-refractivity contribution in [1.82, 2.24) is 20.0 Å². The fraction of sp³-hybridized carbons (Fsp3) is 0.476. The molecule has 0 atom stereocenters. The van der Waals surface area contributed by atoms with Gasteiger partial charge in [0.1, 0.15) is 0 Å². The second-order valence-corrected chi connectivity index (χ2v) is 8.26. The summed E-state index contributed by atoms with van der Waals surface area (Å²) in [5.41, 5.74) is 2.19. The predicted molar refractivity (Wildman–Crippen MR) is 119 cm³/mol. The van der Waals surface area contributed by atoms with Crippen LogP contribution in [-0.2, 0) is 11.8 Å². The number of aromatic nitrogens is 2. The van der Waals surface area contributed by atoms with Gasteiger partial charge in [-0.05, 0) is 31.0 Å². The van der Waals surface area contributed by atoms with Gasteiger partial charge in [0.05, 0.1) is 36.3 Å². The number of benzene rings is 1. The van der Waals surface area contributed by atoms with Crippen molar-refractivity contribution in [1.29, 1.82) is 0 Å². The largest absolute Gasteiger partial charge is 0.378 e. The third kappa shape index (κ3) is 5.29. The van der Waals surface area contributed by atoms with Gasteiger partial charge in [-0.25, -0.2) is 4.79 Å². The third-order valence-electron chi connectivity index (χ3n) is 5.64. The molecule has 0 unspecified atom stereocenters. The maximum absolute atomic E-state index is 12.9. The number of carbonyl (C=O) groups excluding carboxylic acids is 2. The minimum atomic E-state index is -0.159. The summed E-state index contributed by atoms with van der Waals surface area (Å²) in [4.78, 5) is 29.2. The van der Waals surface area contributed by atoms with E-state index in [-0.39, 0.29) is 18.0 Å². The van der Waals surface area contributed by atoms with Crippen LogP contribution >= 0.6 is 11.6 Å². The Kier molecular flexibility index (Phi) is 6.62. The van der Waals surface area contributed by atoms with E-state index in [0.717, 1.165) is 18.8 Å². The minimum Gasteiger partial charge on any atom is -0.378 e. The van der Waals surface area contributed by atoms with Crippen LogP contribution in [0.25, 0.3) is 0 Å². The lowest BCUT2D eigenvalue weighted by atomic mass is 10.0. The Morgan fingerprint density at radius 2 is 1.90 bits per heavy atom. The van der Waals surface area contributed by atoms with E-state index in [9.17, 15) is 9.59 Å². The molecule has 0 saturated carbocycles. The Bertz CT molecular complexity index is 935. The number of aryl methyl sites for hydroxylation is 1. The Balaban J connectivity index is 1.33. The summed E-state index contributed by atoms with van der Waals surface area (Å²) >= 11 is 6.19. The van der Waals surface area contributed by atoms with Crippen LogP contribution < -0.4 is 15.5 Å². The summed E-state index contributed by atoms with van der Waals surface area (Å²) in [6, 6.07) is 5.42. The molecule has 3 amide bonds. The van der Waals surface area contributed by atoms with E-state index in [4.69, 9.17) is 16.3 Å².